The molecule has 0 radical (unpaired) electrons. The second-order valence-corrected chi connectivity index (χ2v) is 13.5. The predicted octanol–water partition coefficient (Wildman–Crippen LogP) is 2.21. The minimum absolute atomic E-state index is 0.128. The number of carbonyl (C=O) groups excluding carboxylic acids is 2. The first kappa shape index (κ1) is 19.3. The van der Waals surface area contributed by atoms with E-state index in [2.05, 4.69) is 0 Å². The van der Waals surface area contributed by atoms with Crippen LogP contribution in [0, 0.1) is 0 Å². The molecule has 2 atom stereocenters. The average Bonchev–Trinajstić information content (AvgIpc) is 2.94. The largest absolute Gasteiger partial charge is 0.384 e. The Morgan fingerprint density at radius 1 is 1.25 bits per heavy atom. The Morgan fingerprint density at radius 2 is 1.75 bits per heavy atom. The van der Waals surface area contributed by atoms with E-state index in [0.29, 0.717) is 25.9 Å². The van der Waals surface area contributed by atoms with Crippen molar-refractivity contribution in [2.75, 3.05) is 13.1 Å². The van der Waals surface area contributed by atoms with Crippen LogP contribution < -0.4 is 0 Å². The summed E-state index contributed by atoms with van der Waals surface area (Å²) < 4.78 is 30.6. The summed E-state index contributed by atoms with van der Waals surface area (Å²) in [4.78, 5) is 25.3. The molecule has 2 saturated heterocycles. The van der Waals surface area contributed by atoms with Gasteiger partial charge in [-0.2, -0.15) is 8.78 Å². The zero-order valence-corrected chi connectivity index (χ0v) is 16.1. The Balaban J connectivity index is 2.20. The van der Waals surface area contributed by atoms with Crippen molar-refractivity contribution >= 4 is 20.0 Å². The summed E-state index contributed by atoms with van der Waals surface area (Å²) in [5, 5.41) is 10.0. The normalized spacial score (nSPS) is 24.2. The van der Waals surface area contributed by atoms with E-state index in [1.54, 1.807) is 0 Å². The van der Waals surface area contributed by atoms with E-state index in [4.69, 9.17) is 0 Å². The maximum absolute atomic E-state index is 14.6. The minimum atomic E-state index is -3.86. The highest BCUT2D eigenvalue weighted by molar-refractivity contribution is 6.80. The van der Waals surface area contributed by atoms with Crippen LogP contribution in [-0.2, 0) is 9.59 Å². The van der Waals surface area contributed by atoms with Gasteiger partial charge in [-0.25, -0.2) is 0 Å². The van der Waals surface area contributed by atoms with Gasteiger partial charge in [0.25, 0.3) is 5.91 Å². The lowest BCUT2D eigenvalue weighted by molar-refractivity contribution is -0.187. The lowest BCUT2D eigenvalue weighted by atomic mass is 9.94. The van der Waals surface area contributed by atoms with Crippen LogP contribution in [0.15, 0.2) is 0 Å². The molecule has 2 rings (SSSR count). The lowest BCUT2D eigenvalue weighted by Gasteiger charge is -2.56. The van der Waals surface area contributed by atoms with Crippen molar-refractivity contribution < 1.29 is 23.5 Å². The van der Waals surface area contributed by atoms with Gasteiger partial charge in [0, 0.05) is 19.5 Å². The molecule has 2 heterocycles. The fourth-order valence-electron chi connectivity index (χ4n) is 3.28. The molecule has 0 aromatic rings. The SMILES string of the molecule is CC(C)(C)[Si](C)(C)N1C(=O)C[C@H]1[C@@H](O)C(F)(F)C(=O)N1CCCC1. The Morgan fingerprint density at radius 3 is 2.17 bits per heavy atom. The highest BCUT2D eigenvalue weighted by Gasteiger charge is 2.61. The summed E-state index contributed by atoms with van der Waals surface area (Å²) in [5.41, 5.74) is 0. The average molecular weight is 362 g/mol. The van der Waals surface area contributed by atoms with Gasteiger partial charge in [0.2, 0.25) is 5.91 Å². The van der Waals surface area contributed by atoms with Crippen LogP contribution in [-0.4, -0.2) is 65.8 Å². The van der Waals surface area contributed by atoms with Gasteiger partial charge in [-0.15, -0.1) is 0 Å². The first-order valence-electron chi connectivity index (χ1n) is 8.49. The van der Waals surface area contributed by atoms with Crippen LogP contribution in [0.1, 0.15) is 40.0 Å². The van der Waals surface area contributed by atoms with Gasteiger partial charge in [-0.3, -0.25) is 9.59 Å². The summed E-state index contributed by atoms with van der Waals surface area (Å²) in [6.45, 7) is 10.4. The third-order valence-electron chi connectivity index (χ3n) is 5.84. The molecule has 8 heteroatoms. The molecule has 0 aliphatic carbocycles. The molecule has 0 bridgehead atoms. The van der Waals surface area contributed by atoms with Crippen molar-refractivity contribution in [3.63, 3.8) is 0 Å². The highest BCUT2D eigenvalue weighted by atomic mass is 28.3. The van der Waals surface area contributed by atoms with Gasteiger partial charge >= 0.3 is 5.92 Å². The molecule has 2 aliphatic heterocycles. The monoisotopic (exact) mass is 362 g/mol. The molecule has 5 nitrogen and oxygen atoms in total. The van der Waals surface area contributed by atoms with Gasteiger partial charge in [0.15, 0.2) is 8.24 Å². The molecule has 2 aliphatic rings. The van der Waals surface area contributed by atoms with Crippen LogP contribution in [0.3, 0.4) is 0 Å². The van der Waals surface area contributed by atoms with Crippen LogP contribution >= 0.6 is 0 Å². The summed E-state index contributed by atoms with van der Waals surface area (Å²) in [5.74, 6) is -5.40. The maximum Gasteiger partial charge on any atom is 0.351 e. The number of aliphatic hydroxyl groups is 1. The van der Waals surface area contributed by atoms with E-state index < -0.39 is 32.2 Å². The maximum atomic E-state index is 14.6. The molecular formula is C16H28F2N2O3Si. The zero-order chi connectivity index (χ0) is 18.5. The molecule has 0 unspecified atom stereocenters. The summed E-state index contributed by atoms with van der Waals surface area (Å²) in [6, 6.07) is -0.986. The number of hydrogen-bond acceptors (Lipinski definition) is 3. The molecule has 0 spiro atoms. The van der Waals surface area contributed by atoms with Crippen molar-refractivity contribution in [1.29, 1.82) is 0 Å². The second-order valence-electron chi connectivity index (χ2n) is 8.41. The second kappa shape index (κ2) is 6.05. The van der Waals surface area contributed by atoms with Gasteiger partial charge in [0.1, 0.15) is 6.10 Å². The van der Waals surface area contributed by atoms with Gasteiger partial charge in [0.05, 0.1) is 6.04 Å². The molecule has 2 fully saturated rings. The van der Waals surface area contributed by atoms with Crippen LogP contribution in [0.4, 0.5) is 8.78 Å². The first-order valence-corrected chi connectivity index (χ1v) is 11.4. The van der Waals surface area contributed by atoms with Crippen LogP contribution in [0.5, 0.6) is 0 Å². The Labute approximate surface area is 143 Å². The topological polar surface area (TPSA) is 60.9 Å². The summed E-state index contributed by atoms with van der Waals surface area (Å²) in [6.07, 6.45) is -0.875. The summed E-state index contributed by atoms with van der Waals surface area (Å²) in [7, 11) is -2.39. The zero-order valence-electron chi connectivity index (χ0n) is 15.1. The van der Waals surface area contributed by atoms with Crippen molar-refractivity contribution in [3.8, 4) is 0 Å². The Bertz CT molecular complexity index is 528. The molecule has 138 valence electrons. The number of halogens is 2. The molecule has 24 heavy (non-hydrogen) atoms. The number of carbonyl (C=O) groups is 2. The van der Waals surface area contributed by atoms with E-state index in [9.17, 15) is 23.5 Å². The number of amides is 2. The molecule has 0 aromatic heterocycles. The predicted molar refractivity (Wildman–Crippen MR) is 89.2 cm³/mol. The Hall–Kier alpha value is -1.02. The van der Waals surface area contributed by atoms with Gasteiger partial charge < -0.3 is 14.6 Å². The fourth-order valence-corrected chi connectivity index (χ4v) is 5.78. The van der Waals surface area contributed by atoms with E-state index in [1.807, 2.05) is 33.9 Å². The number of aliphatic hydroxyl groups excluding tert-OH is 1. The van der Waals surface area contributed by atoms with E-state index in [0.717, 1.165) is 4.90 Å². The van der Waals surface area contributed by atoms with Crippen molar-refractivity contribution in [3.05, 3.63) is 0 Å². The minimum Gasteiger partial charge on any atom is -0.384 e. The summed E-state index contributed by atoms with van der Waals surface area (Å²) >= 11 is 0. The number of nitrogens with zero attached hydrogens (tertiary/aromatic N) is 2. The standard InChI is InChI=1S/C16H28F2N2O3Si/c1-15(2,3)24(4,5)20-11(10-12(20)21)13(22)16(17,18)14(23)19-8-6-7-9-19/h11,13,22H,6-10H2,1-5H3/t11-,13+/m0/s1. The van der Waals surface area contributed by atoms with Crippen LogP contribution in [0.25, 0.3) is 0 Å². The smallest absolute Gasteiger partial charge is 0.351 e. The van der Waals surface area contributed by atoms with E-state index >= 15 is 0 Å². The molecule has 0 saturated carbocycles. The van der Waals surface area contributed by atoms with Gasteiger partial charge in [-0.05, 0) is 17.9 Å². The van der Waals surface area contributed by atoms with E-state index in [1.165, 1.54) is 4.57 Å². The number of alkyl halides is 2. The van der Waals surface area contributed by atoms with Crippen molar-refractivity contribution in [2.45, 2.75) is 76.2 Å². The highest BCUT2D eigenvalue weighted by Crippen LogP contribution is 2.45. The van der Waals surface area contributed by atoms with Crippen LogP contribution in [0.2, 0.25) is 18.1 Å². The molecule has 2 amide bonds. The third-order valence-corrected chi connectivity index (χ3v) is 11.3. The quantitative estimate of drug-likeness (QED) is 0.616. The lowest BCUT2D eigenvalue weighted by Crippen LogP contribution is -2.73. The Kier molecular flexibility index (Phi) is 4.87. The molecule has 1 N–H and O–H groups in total. The van der Waals surface area contributed by atoms with Crippen molar-refractivity contribution in [1.82, 2.24) is 9.47 Å². The fraction of sp³-hybridized carbons (Fsp3) is 0.875. The van der Waals surface area contributed by atoms with Gasteiger partial charge in [-0.1, -0.05) is 33.9 Å². The number of rotatable bonds is 4. The van der Waals surface area contributed by atoms with Crippen molar-refractivity contribution in [2.24, 2.45) is 0 Å². The number of β-lactam (4-membered cyclic amide) rings is 1. The molecular weight excluding hydrogens is 334 g/mol. The van der Waals surface area contributed by atoms with E-state index in [-0.39, 0.29) is 17.4 Å². The molecule has 0 aromatic carbocycles. The first-order chi connectivity index (χ1) is 10.8. The number of likely N-dealkylation sites (tertiary alicyclic amines) is 1. The number of hydrogen-bond donors (Lipinski definition) is 1. The third kappa shape index (κ3) is 2.98.